The summed E-state index contributed by atoms with van der Waals surface area (Å²) in [5, 5.41) is 4.90. The lowest BCUT2D eigenvalue weighted by molar-refractivity contribution is 0.324. The van der Waals surface area contributed by atoms with Crippen molar-refractivity contribution in [3.63, 3.8) is 0 Å². The van der Waals surface area contributed by atoms with Crippen LogP contribution in [0.2, 0.25) is 0 Å². The van der Waals surface area contributed by atoms with Crippen molar-refractivity contribution in [1.29, 1.82) is 0 Å². The largest absolute Gasteiger partial charge is 0.493 e. The monoisotopic (exact) mass is 398 g/mol. The number of aromatic nitrogens is 2. The van der Waals surface area contributed by atoms with Crippen LogP contribution in [0.15, 0.2) is 12.1 Å². The van der Waals surface area contributed by atoms with Crippen LogP contribution in [0.5, 0.6) is 17.2 Å². The molecule has 0 bridgehead atoms. The van der Waals surface area contributed by atoms with E-state index in [1.54, 1.807) is 21.3 Å². The molecule has 0 amide bonds. The van der Waals surface area contributed by atoms with Gasteiger partial charge in [-0.05, 0) is 31.0 Å². The van der Waals surface area contributed by atoms with Crippen LogP contribution in [0.1, 0.15) is 18.9 Å². The third-order valence-corrected chi connectivity index (χ3v) is 5.41. The van der Waals surface area contributed by atoms with Gasteiger partial charge >= 0.3 is 0 Å². The zero-order chi connectivity index (χ0) is 20.3. The molecule has 8 heteroatoms. The van der Waals surface area contributed by atoms with Gasteiger partial charge in [0.15, 0.2) is 17.3 Å². The number of anilines is 1. The number of nitrogens with zero attached hydrogens (tertiary/aromatic N) is 3. The van der Waals surface area contributed by atoms with E-state index in [-0.39, 0.29) is 0 Å². The number of hydrogen-bond donors (Lipinski definition) is 1. The molecule has 0 aliphatic heterocycles. The molecule has 0 saturated carbocycles. The first-order chi connectivity index (χ1) is 13.6. The second-order valence-electron chi connectivity index (χ2n) is 6.06. The minimum absolute atomic E-state index is 0.515. The predicted molar refractivity (Wildman–Crippen MR) is 112 cm³/mol. The number of benzene rings is 1. The Kier molecular flexibility index (Phi) is 5.85. The van der Waals surface area contributed by atoms with Gasteiger partial charge in [-0.25, -0.2) is 14.8 Å². The predicted octanol–water partition coefficient (Wildman–Crippen LogP) is 5.07. The summed E-state index contributed by atoms with van der Waals surface area (Å²) in [4.78, 5) is 13.9. The average Bonchev–Trinajstić information content (AvgIpc) is 3.06. The van der Waals surface area contributed by atoms with Gasteiger partial charge in [0.25, 0.3) is 0 Å². The molecule has 1 aromatic carbocycles. The number of rotatable bonds is 7. The van der Waals surface area contributed by atoms with Gasteiger partial charge in [0, 0.05) is 17.5 Å². The van der Waals surface area contributed by atoms with E-state index >= 15 is 0 Å². The van der Waals surface area contributed by atoms with Crippen LogP contribution in [-0.4, -0.2) is 37.8 Å². The number of aryl methyl sites for hydroxylation is 1. The summed E-state index contributed by atoms with van der Waals surface area (Å²) < 4.78 is 16.3. The number of nitrogens with one attached hydrogen (secondary N) is 1. The number of fused-ring (bicyclic) bond motifs is 1. The van der Waals surface area contributed by atoms with Crippen molar-refractivity contribution in [2.75, 3.05) is 33.2 Å². The molecule has 146 valence electrons. The number of thiophene rings is 1. The van der Waals surface area contributed by atoms with E-state index < -0.39 is 0 Å². The molecular weight excluding hydrogens is 376 g/mol. The first-order valence-corrected chi connectivity index (χ1v) is 9.62. The molecule has 0 unspecified atom stereocenters. The Morgan fingerprint density at radius 1 is 1.11 bits per heavy atom. The van der Waals surface area contributed by atoms with E-state index in [1.165, 1.54) is 11.3 Å². The number of ether oxygens (including phenoxy) is 3. The summed E-state index contributed by atoms with van der Waals surface area (Å²) >= 11 is 1.38. The highest BCUT2D eigenvalue weighted by Crippen LogP contribution is 2.43. The van der Waals surface area contributed by atoms with E-state index in [2.05, 4.69) is 17.1 Å². The molecule has 0 aliphatic rings. The van der Waals surface area contributed by atoms with Crippen molar-refractivity contribution >= 4 is 32.4 Å². The van der Waals surface area contributed by atoms with Crippen molar-refractivity contribution in [3.8, 4) is 28.6 Å². The standard InChI is InChI=1S/C20H22N4O3S/c1-7-8-22-18-15-11(2)19(21-3)28-20(15)24-17(23-18)12-9-13(25-4)16(27-6)14(10-12)26-5/h9-10H,7-8H2,1-2,4-6H3,(H,22,23,24). The normalized spacial score (nSPS) is 10.6. The maximum Gasteiger partial charge on any atom is 0.246 e. The smallest absolute Gasteiger partial charge is 0.246 e. The molecule has 0 spiro atoms. The fourth-order valence-electron chi connectivity index (χ4n) is 2.94. The lowest BCUT2D eigenvalue weighted by atomic mass is 10.1. The first kappa shape index (κ1) is 19.7. The molecule has 0 aliphatic carbocycles. The van der Waals surface area contributed by atoms with Crippen molar-refractivity contribution in [2.24, 2.45) is 0 Å². The Morgan fingerprint density at radius 3 is 2.32 bits per heavy atom. The maximum absolute atomic E-state index is 7.41. The second-order valence-corrected chi connectivity index (χ2v) is 7.04. The Morgan fingerprint density at radius 2 is 1.79 bits per heavy atom. The van der Waals surface area contributed by atoms with Gasteiger partial charge in [0.1, 0.15) is 10.6 Å². The van der Waals surface area contributed by atoms with E-state index in [1.807, 2.05) is 19.1 Å². The second kappa shape index (κ2) is 8.31. The fraction of sp³-hybridized carbons (Fsp3) is 0.350. The van der Waals surface area contributed by atoms with E-state index in [9.17, 15) is 0 Å². The average molecular weight is 398 g/mol. The van der Waals surface area contributed by atoms with Gasteiger partial charge < -0.3 is 19.5 Å². The van der Waals surface area contributed by atoms with Gasteiger partial charge in [-0.1, -0.05) is 6.92 Å². The van der Waals surface area contributed by atoms with Gasteiger partial charge in [-0.3, -0.25) is 0 Å². The molecule has 0 fully saturated rings. The molecule has 2 heterocycles. The summed E-state index contributed by atoms with van der Waals surface area (Å²) in [6.45, 7) is 12.2. The summed E-state index contributed by atoms with van der Waals surface area (Å²) in [7, 11) is 4.71. The van der Waals surface area contributed by atoms with Crippen LogP contribution in [-0.2, 0) is 0 Å². The number of methoxy groups -OCH3 is 3. The van der Waals surface area contributed by atoms with Gasteiger partial charge in [-0.15, -0.1) is 11.3 Å². The van der Waals surface area contributed by atoms with E-state index in [4.69, 9.17) is 30.8 Å². The molecule has 28 heavy (non-hydrogen) atoms. The molecule has 0 radical (unpaired) electrons. The molecular formula is C20H22N4O3S. The lowest BCUT2D eigenvalue weighted by Gasteiger charge is -2.14. The zero-order valence-electron chi connectivity index (χ0n) is 16.5. The molecule has 7 nitrogen and oxygen atoms in total. The lowest BCUT2D eigenvalue weighted by Crippen LogP contribution is -2.05. The Labute approximate surface area is 168 Å². The van der Waals surface area contributed by atoms with Crippen LogP contribution in [0.4, 0.5) is 10.8 Å². The van der Waals surface area contributed by atoms with Crippen molar-refractivity contribution < 1.29 is 14.2 Å². The third kappa shape index (κ3) is 3.41. The molecule has 3 aromatic rings. The highest BCUT2D eigenvalue weighted by Gasteiger charge is 2.19. The van der Waals surface area contributed by atoms with Crippen molar-refractivity contribution in [1.82, 2.24) is 9.97 Å². The zero-order valence-corrected chi connectivity index (χ0v) is 17.4. The molecule has 1 N–H and O–H groups in total. The molecule has 3 rings (SSSR count). The first-order valence-electron chi connectivity index (χ1n) is 8.80. The van der Waals surface area contributed by atoms with Crippen LogP contribution in [0, 0.1) is 13.5 Å². The van der Waals surface area contributed by atoms with Crippen LogP contribution >= 0.6 is 11.3 Å². The van der Waals surface area contributed by atoms with Crippen LogP contribution < -0.4 is 19.5 Å². The summed E-state index contributed by atoms with van der Waals surface area (Å²) in [6, 6.07) is 3.64. The maximum atomic E-state index is 7.41. The Hall–Kier alpha value is -3.05. The summed E-state index contributed by atoms with van der Waals surface area (Å²) in [5.41, 5.74) is 1.65. The summed E-state index contributed by atoms with van der Waals surface area (Å²) in [6.07, 6.45) is 0.962. The van der Waals surface area contributed by atoms with Gasteiger partial charge in [0.2, 0.25) is 10.8 Å². The topological polar surface area (TPSA) is 69.9 Å². The van der Waals surface area contributed by atoms with Crippen LogP contribution in [0.3, 0.4) is 0 Å². The SMILES string of the molecule is [C-]#[N+]c1sc2nc(-c3cc(OC)c(OC)c(OC)c3)nc(NCCC)c2c1C. The number of hydrogen-bond acceptors (Lipinski definition) is 7. The molecule has 0 atom stereocenters. The van der Waals surface area contributed by atoms with E-state index in [0.717, 1.165) is 40.1 Å². The van der Waals surface area contributed by atoms with Gasteiger partial charge in [0.05, 0.1) is 27.9 Å². The van der Waals surface area contributed by atoms with Crippen molar-refractivity contribution in [3.05, 3.63) is 29.1 Å². The Balaban J connectivity index is 2.25. The Bertz CT molecular complexity index is 1030. The minimum atomic E-state index is 0.515. The highest BCUT2D eigenvalue weighted by molar-refractivity contribution is 7.22. The summed E-state index contributed by atoms with van der Waals surface area (Å²) in [5.74, 6) is 2.85. The molecule has 2 aromatic heterocycles. The van der Waals surface area contributed by atoms with Crippen molar-refractivity contribution in [2.45, 2.75) is 20.3 Å². The molecule has 0 saturated heterocycles. The van der Waals surface area contributed by atoms with E-state index in [0.29, 0.717) is 28.1 Å². The quantitative estimate of drug-likeness (QED) is 0.561. The van der Waals surface area contributed by atoms with Gasteiger partial charge in [-0.2, -0.15) is 0 Å². The fourth-order valence-corrected chi connectivity index (χ4v) is 3.91. The highest BCUT2D eigenvalue weighted by atomic mass is 32.1. The minimum Gasteiger partial charge on any atom is -0.493 e. The third-order valence-electron chi connectivity index (χ3n) is 4.33. The van der Waals surface area contributed by atoms with Crippen LogP contribution in [0.25, 0.3) is 26.4 Å².